The van der Waals surface area contributed by atoms with Gasteiger partial charge in [-0.25, -0.2) is 9.67 Å². The van der Waals surface area contributed by atoms with Gasteiger partial charge >= 0.3 is 0 Å². The Morgan fingerprint density at radius 3 is 2.54 bits per heavy atom. The number of fused-ring (bicyclic) bond motifs is 1. The van der Waals surface area contributed by atoms with E-state index in [2.05, 4.69) is 25.3 Å². The molecule has 0 fully saturated rings. The van der Waals surface area contributed by atoms with Crippen molar-refractivity contribution in [3.05, 3.63) is 64.6 Å². The normalized spacial score (nSPS) is 11.0. The highest BCUT2D eigenvalue weighted by atomic mass is 35.5. The number of rotatable bonds is 4. The summed E-state index contributed by atoms with van der Waals surface area (Å²) in [5.41, 5.74) is 1.49. The topological polar surface area (TPSA) is 78.6 Å². The zero-order valence-corrected chi connectivity index (χ0v) is 15.1. The van der Waals surface area contributed by atoms with E-state index in [-0.39, 0.29) is 0 Å². The zero-order valence-electron chi connectivity index (χ0n) is 13.6. The Labute approximate surface area is 158 Å². The third kappa shape index (κ3) is 2.95. The van der Waals surface area contributed by atoms with Crippen LogP contribution in [0, 0.1) is 0 Å². The number of benzene rings is 1. The van der Waals surface area contributed by atoms with E-state index >= 15 is 0 Å². The van der Waals surface area contributed by atoms with Crippen molar-refractivity contribution in [1.82, 2.24) is 29.9 Å². The molecule has 26 heavy (non-hydrogen) atoms. The fourth-order valence-electron chi connectivity index (χ4n) is 2.69. The Bertz CT molecular complexity index is 1060. The van der Waals surface area contributed by atoms with E-state index in [9.17, 15) is 0 Å². The Kier molecular flexibility index (Phi) is 4.40. The fraction of sp³-hybridized carbons (Fsp3) is 0.118. The molecule has 9 heteroatoms. The summed E-state index contributed by atoms with van der Waals surface area (Å²) in [5, 5.41) is 15.6. The first-order valence-electron chi connectivity index (χ1n) is 7.63. The summed E-state index contributed by atoms with van der Waals surface area (Å²) < 4.78 is 6.91. The highest BCUT2D eigenvalue weighted by molar-refractivity contribution is 6.35. The molecule has 4 rings (SSSR count). The maximum Gasteiger partial charge on any atom is 0.185 e. The molecule has 0 aliphatic carbocycles. The molecule has 4 aromatic rings. The molecular weight excluding hydrogens is 375 g/mol. The lowest BCUT2D eigenvalue weighted by atomic mass is 10.0. The molecule has 0 radical (unpaired) electrons. The van der Waals surface area contributed by atoms with Crippen molar-refractivity contribution < 1.29 is 4.74 Å². The van der Waals surface area contributed by atoms with Crippen molar-refractivity contribution in [2.24, 2.45) is 0 Å². The van der Waals surface area contributed by atoms with Gasteiger partial charge in [-0.15, -0.1) is 5.10 Å². The van der Waals surface area contributed by atoms with Gasteiger partial charge in [0.15, 0.2) is 5.82 Å². The molecule has 0 saturated heterocycles. The largest absolute Gasteiger partial charge is 0.497 e. The van der Waals surface area contributed by atoms with Gasteiger partial charge in [0.1, 0.15) is 18.4 Å². The third-order valence-corrected chi connectivity index (χ3v) is 4.63. The second kappa shape index (κ2) is 6.86. The summed E-state index contributed by atoms with van der Waals surface area (Å²) in [5.74, 6) is 1.27. The van der Waals surface area contributed by atoms with Gasteiger partial charge < -0.3 is 4.74 Å². The van der Waals surface area contributed by atoms with E-state index in [4.69, 9.17) is 27.9 Å². The number of hydrogen-bond acceptors (Lipinski definition) is 6. The second-order valence-electron chi connectivity index (χ2n) is 5.48. The number of methoxy groups -OCH3 is 1. The van der Waals surface area contributed by atoms with E-state index in [1.807, 2.05) is 18.2 Å². The Morgan fingerprint density at radius 1 is 1.04 bits per heavy atom. The van der Waals surface area contributed by atoms with E-state index < -0.39 is 0 Å². The molecule has 1 aromatic carbocycles. The zero-order chi connectivity index (χ0) is 18.1. The second-order valence-corrected chi connectivity index (χ2v) is 6.29. The minimum Gasteiger partial charge on any atom is -0.497 e. The molecule has 3 heterocycles. The van der Waals surface area contributed by atoms with Crippen LogP contribution in [0.15, 0.2) is 43.2 Å². The van der Waals surface area contributed by atoms with Crippen molar-refractivity contribution in [3.63, 3.8) is 0 Å². The minimum atomic E-state index is 0.424. The van der Waals surface area contributed by atoms with Crippen molar-refractivity contribution in [3.8, 4) is 11.6 Å². The van der Waals surface area contributed by atoms with Crippen LogP contribution in [0.2, 0.25) is 10.0 Å². The predicted molar refractivity (Wildman–Crippen MR) is 98.1 cm³/mol. The van der Waals surface area contributed by atoms with Gasteiger partial charge in [-0.2, -0.15) is 10.2 Å². The highest BCUT2D eigenvalue weighted by Gasteiger charge is 2.15. The van der Waals surface area contributed by atoms with Gasteiger partial charge in [0.05, 0.1) is 22.8 Å². The maximum atomic E-state index is 6.25. The van der Waals surface area contributed by atoms with Gasteiger partial charge in [-0.05, 0) is 23.8 Å². The number of halogens is 2. The molecule has 0 spiro atoms. The molecule has 130 valence electrons. The number of nitrogens with zero attached hydrogens (tertiary/aromatic N) is 6. The van der Waals surface area contributed by atoms with Gasteiger partial charge in [0.2, 0.25) is 0 Å². The van der Waals surface area contributed by atoms with Crippen LogP contribution in [0.3, 0.4) is 0 Å². The first kappa shape index (κ1) is 16.7. The average molecular weight is 387 g/mol. The molecule has 0 aliphatic heterocycles. The van der Waals surface area contributed by atoms with Crippen LogP contribution in [0.25, 0.3) is 16.6 Å². The molecule has 0 saturated carbocycles. The first-order valence-corrected chi connectivity index (χ1v) is 8.39. The van der Waals surface area contributed by atoms with Crippen molar-refractivity contribution >= 4 is 34.0 Å². The summed E-state index contributed by atoms with van der Waals surface area (Å²) in [6, 6.07) is 5.69. The lowest BCUT2D eigenvalue weighted by Gasteiger charge is -2.11. The SMILES string of the molecule is COc1ccc2c(Cc3c(Cl)cncc3Cl)nnc(-n3cncn3)c2c1. The number of pyridine rings is 1. The summed E-state index contributed by atoms with van der Waals surface area (Å²) in [7, 11) is 1.61. The predicted octanol–water partition coefficient (Wildman–Crippen LogP) is 3.51. The minimum absolute atomic E-state index is 0.424. The molecule has 0 aliphatic rings. The molecule has 7 nitrogen and oxygen atoms in total. The number of ether oxygens (including phenoxy) is 1. The first-order chi connectivity index (χ1) is 12.7. The van der Waals surface area contributed by atoms with Crippen LogP contribution >= 0.6 is 23.2 Å². The quantitative estimate of drug-likeness (QED) is 0.533. The molecule has 0 atom stereocenters. The Balaban J connectivity index is 1.90. The Hall–Kier alpha value is -2.77. The number of hydrogen-bond donors (Lipinski definition) is 0. The van der Waals surface area contributed by atoms with Gasteiger partial charge in [0, 0.05) is 29.6 Å². The average Bonchev–Trinajstić information content (AvgIpc) is 3.18. The lowest BCUT2D eigenvalue weighted by molar-refractivity contribution is 0.415. The Morgan fingerprint density at radius 2 is 1.85 bits per heavy atom. The van der Waals surface area contributed by atoms with E-state index in [0.717, 1.165) is 22.0 Å². The van der Waals surface area contributed by atoms with Crippen LogP contribution in [-0.2, 0) is 6.42 Å². The molecule has 0 bridgehead atoms. The molecule has 0 N–H and O–H groups in total. The van der Waals surface area contributed by atoms with Gasteiger partial charge in [-0.3, -0.25) is 4.98 Å². The third-order valence-electron chi connectivity index (χ3n) is 3.98. The van der Waals surface area contributed by atoms with Crippen LogP contribution < -0.4 is 4.74 Å². The van der Waals surface area contributed by atoms with E-state index in [1.54, 1.807) is 30.5 Å². The van der Waals surface area contributed by atoms with E-state index in [0.29, 0.717) is 28.0 Å². The van der Waals surface area contributed by atoms with Crippen LogP contribution in [0.1, 0.15) is 11.3 Å². The summed E-state index contributed by atoms with van der Waals surface area (Å²) in [4.78, 5) is 7.96. The van der Waals surface area contributed by atoms with E-state index in [1.165, 1.54) is 6.33 Å². The molecule has 0 unspecified atom stereocenters. The van der Waals surface area contributed by atoms with Crippen molar-refractivity contribution in [2.45, 2.75) is 6.42 Å². The van der Waals surface area contributed by atoms with Gasteiger partial charge in [-0.1, -0.05) is 23.2 Å². The molecule has 3 aromatic heterocycles. The van der Waals surface area contributed by atoms with Crippen LogP contribution in [-0.4, -0.2) is 37.1 Å². The monoisotopic (exact) mass is 386 g/mol. The van der Waals surface area contributed by atoms with Crippen LogP contribution in [0.4, 0.5) is 0 Å². The van der Waals surface area contributed by atoms with Gasteiger partial charge in [0.25, 0.3) is 0 Å². The lowest BCUT2D eigenvalue weighted by Crippen LogP contribution is -2.05. The smallest absolute Gasteiger partial charge is 0.185 e. The number of aromatic nitrogens is 6. The summed E-state index contributed by atoms with van der Waals surface area (Å²) >= 11 is 12.5. The van der Waals surface area contributed by atoms with Crippen LogP contribution in [0.5, 0.6) is 5.75 Å². The summed E-state index contributed by atoms with van der Waals surface area (Å²) in [6.45, 7) is 0. The summed E-state index contributed by atoms with van der Waals surface area (Å²) in [6.07, 6.45) is 6.56. The van der Waals surface area contributed by atoms with Crippen molar-refractivity contribution in [2.75, 3.05) is 7.11 Å². The molecule has 0 amide bonds. The molecular formula is C17H12Cl2N6O. The maximum absolute atomic E-state index is 6.25. The standard InChI is InChI=1S/C17H12Cl2N6O/c1-26-10-2-3-11-12(4-10)17(25-9-21-8-22-25)24-23-16(11)5-13-14(18)6-20-7-15(13)19/h2-4,6-9H,5H2,1H3. The highest BCUT2D eigenvalue weighted by Crippen LogP contribution is 2.30. The van der Waals surface area contributed by atoms with Crippen molar-refractivity contribution in [1.29, 1.82) is 0 Å². The fourth-order valence-corrected chi connectivity index (χ4v) is 3.19.